The quantitative estimate of drug-likeness (QED) is 0.489. The predicted octanol–water partition coefficient (Wildman–Crippen LogP) is 2.69. The molecule has 0 atom stereocenters. The highest BCUT2D eigenvalue weighted by Gasteiger charge is 2.30. The molecule has 0 spiro atoms. The van der Waals surface area contributed by atoms with Crippen molar-refractivity contribution >= 4 is 17.4 Å². The van der Waals surface area contributed by atoms with Crippen molar-refractivity contribution in [3.8, 4) is 11.6 Å². The first-order chi connectivity index (χ1) is 8.75. The van der Waals surface area contributed by atoms with Crippen LogP contribution in [0.1, 0.15) is 5.56 Å². The molecule has 2 aromatic heterocycles. The highest BCUT2D eigenvalue weighted by Crippen LogP contribution is 2.42. The van der Waals surface area contributed by atoms with Crippen molar-refractivity contribution in [1.29, 1.82) is 0 Å². The summed E-state index contributed by atoms with van der Waals surface area (Å²) in [6.45, 7) is 2.07. The second-order valence-corrected chi connectivity index (χ2v) is 5.53. The molecule has 4 heteroatoms. The maximum Gasteiger partial charge on any atom is 0.328 e. The maximum atomic E-state index is 10.2. The van der Waals surface area contributed by atoms with Crippen LogP contribution in [0, 0.1) is 6.92 Å². The van der Waals surface area contributed by atoms with Gasteiger partial charge in [0, 0.05) is 0 Å². The molecule has 0 saturated carbocycles. The van der Waals surface area contributed by atoms with Gasteiger partial charge in [0.1, 0.15) is 4.90 Å². The van der Waals surface area contributed by atoms with Crippen LogP contribution < -0.4 is 4.40 Å². The Kier molecular flexibility index (Phi) is 1.84. The summed E-state index contributed by atoms with van der Waals surface area (Å²) >= 11 is 1.75. The van der Waals surface area contributed by atoms with Gasteiger partial charge >= 0.3 is 11.5 Å². The smallest absolute Gasteiger partial charge is 0.328 e. The Balaban J connectivity index is 2.24. The van der Waals surface area contributed by atoms with E-state index in [0.29, 0.717) is 0 Å². The van der Waals surface area contributed by atoms with Gasteiger partial charge in [-0.15, -0.1) is 0 Å². The van der Waals surface area contributed by atoms with Crippen LogP contribution in [0.15, 0.2) is 52.5 Å². The van der Waals surface area contributed by atoms with E-state index in [1.54, 1.807) is 18.0 Å². The lowest BCUT2D eigenvalue weighted by Crippen LogP contribution is -2.20. The summed E-state index contributed by atoms with van der Waals surface area (Å²) in [4.78, 5) is 2.35. The van der Waals surface area contributed by atoms with E-state index in [9.17, 15) is 5.11 Å². The summed E-state index contributed by atoms with van der Waals surface area (Å²) < 4.78 is 3.89. The van der Waals surface area contributed by atoms with Crippen LogP contribution in [0.3, 0.4) is 0 Å². The minimum absolute atomic E-state index is 0.276. The Hall–Kier alpha value is -1.94. The number of hydrogen-bond acceptors (Lipinski definition) is 2. The molecule has 0 radical (unpaired) electrons. The molecule has 1 N–H and O–H groups in total. The molecule has 3 nitrogen and oxygen atoms in total. The number of aromatic nitrogens is 2. The van der Waals surface area contributed by atoms with Gasteiger partial charge in [-0.25, -0.2) is 0 Å². The number of rotatable bonds is 0. The molecule has 0 amide bonds. The van der Waals surface area contributed by atoms with E-state index in [0.717, 1.165) is 16.2 Å². The molecule has 1 aliphatic rings. The molecule has 3 heterocycles. The molecule has 0 aliphatic carbocycles. The second kappa shape index (κ2) is 3.29. The van der Waals surface area contributed by atoms with Gasteiger partial charge in [0.15, 0.2) is 11.9 Å². The fourth-order valence-electron chi connectivity index (χ4n) is 2.54. The van der Waals surface area contributed by atoms with E-state index in [2.05, 4.69) is 31.2 Å². The van der Waals surface area contributed by atoms with E-state index in [1.807, 2.05) is 21.2 Å². The van der Waals surface area contributed by atoms with Crippen molar-refractivity contribution in [2.45, 2.75) is 16.7 Å². The fourth-order valence-corrected chi connectivity index (χ4v) is 3.70. The monoisotopic (exact) mass is 255 g/mol. The molecule has 1 aliphatic heterocycles. The number of fused-ring (bicyclic) bond motifs is 2. The first kappa shape index (κ1) is 10.0. The molecule has 0 unspecified atom stereocenters. The van der Waals surface area contributed by atoms with Crippen molar-refractivity contribution in [3.05, 3.63) is 48.3 Å². The van der Waals surface area contributed by atoms with Gasteiger partial charge in [-0.05, 0) is 30.7 Å². The number of hydrogen-bond donors (Lipinski definition) is 1. The van der Waals surface area contributed by atoms with Gasteiger partial charge < -0.3 is 5.11 Å². The summed E-state index contributed by atoms with van der Waals surface area (Å²) in [6.07, 6.45) is 3.71. The number of nitrogens with zero attached hydrogens (tertiary/aromatic N) is 2. The SMILES string of the molecule is Cc1cccc2c1-n1c(O)c[n+]3cccc(c13)S2. The minimum atomic E-state index is 0.276. The highest BCUT2D eigenvalue weighted by molar-refractivity contribution is 7.99. The fraction of sp³-hybridized carbons (Fsp3) is 0.0714. The van der Waals surface area contributed by atoms with E-state index in [4.69, 9.17) is 0 Å². The molecule has 0 bridgehead atoms. The second-order valence-electron chi connectivity index (χ2n) is 4.45. The Labute approximate surface area is 108 Å². The zero-order chi connectivity index (χ0) is 12.3. The van der Waals surface area contributed by atoms with Gasteiger partial charge in [0.05, 0.1) is 11.1 Å². The third-order valence-corrected chi connectivity index (χ3v) is 4.39. The van der Waals surface area contributed by atoms with Crippen molar-refractivity contribution < 1.29 is 9.51 Å². The Morgan fingerprint density at radius 2 is 2.00 bits per heavy atom. The van der Waals surface area contributed by atoms with Crippen LogP contribution in [0.25, 0.3) is 11.3 Å². The molecule has 0 saturated heterocycles. The van der Waals surface area contributed by atoms with Crippen LogP contribution >= 0.6 is 11.8 Å². The lowest BCUT2D eigenvalue weighted by Gasteiger charge is -2.14. The molecule has 4 rings (SSSR count). The molecule has 1 aromatic carbocycles. The third kappa shape index (κ3) is 1.13. The summed E-state index contributed by atoms with van der Waals surface area (Å²) in [7, 11) is 0. The zero-order valence-corrected chi connectivity index (χ0v) is 10.6. The van der Waals surface area contributed by atoms with Crippen LogP contribution in [-0.2, 0) is 0 Å². The number of imidazole rings is 1. The number of benzene rings is 1. The standard InChI is InChI=1S/C14H10N2OS/c1-9-4-2-5-10-13(9)16-12(17)8-15-7-3-6-11(18-10)14(15)16/h2-8H,1H3/p+1. The van der Waals surface area contributed by atoms with Gasteiger partial charge in [-0.2, -0.15) is 8.97 Å². The van der Waals surface area contributed by atoms with E-state index >= 15 is 0 Å². The molecule has 88 valence electrons. The predicted molar refractivity (Wildman–Crippen MR) is 69.5 cm³/mol. The van der Waals surface area contributed by atoms with Crippen LogP contribution in [0.4, 0.5) is 0 Å². The first-order valence-corrected chi connectivity index (χ1v) is 6.60. The topological polar surface area (TPSA) is 29.3 Å². The first-order valence-electron chi connectivity index (χ1n) is 5.78. The lowest BCUT2D eigenvalue weighted by atomic mass is 10.2. The number of pyridine rings is 1. The number of para-hydroxylation sites is 1. The summed E-state index contributed by atoms with van der Waals surface area (Å²) in [5, 5.41) is 10.2. The number of aromatic hydroxyl groups is 1. The lowest BCUT2D eigenvalue weighted by molar-refractivity contribution is -0.512. The van der Waals surface area contributed by atoms with Gasteiger partial charge in [0.2, 0.25) is 0 Å². The summed E-state index contributed by atoms with van der Waals surface area (Å²) in [5.41, 5.74) is 3.28. The molecule has 3 aromatic rings. The van der Waals surface area contributed by atoms with Crippen LogP contribution in [-0.4, -0.2) is 9.67 Å². The molecular weight excluding hydrogens is 244 g/mol. The van der Waals surface area contributed by atoms with Crippen LogP contribution in [0.5, 0.6) is 5.88 Å². The van der Waals surface area contributed by atoms with Crippen molar-refractivity contribution in [2.24, 2.45) is 0 Å². The van der Waals surface area contributed by atoms with Crippen molar-refractivity contribution in [2.75, 3.05) is 0 Å². The zero-order valence-electron chi connectivity index (χ0n) is 9.79. The number of aryl methyl sites for hydroxylation is 1. The van der Waals surface area contributed by atoms with Gasteiger partial charge in [-0.1, -0.05) is 23.9 Å². The van der Waals surface area contributed by atoms with E-state index < -0.39 is 0 Å². The molecule has 0 fully saturated rings. The average molecular weight is 255 g/mol. The molecular formula is C14H11N2OS+. The summed E-state index contributed by atoms with van der Waals surface area (Å²) in [6, 6.07) is 10.3. The van der Waals surface area contributed by atoms with Gasteiger partial charge in [-0.3, -0.25) is 0 Å². The van der Waals surface area contributed by atoms with Crippen molar-refractivity contribution in [1.82, 2.24) is 4.57 Å². The highest BCUT2D eigenvalue weighted by atomic mass is 32.2. The Bertz CT molecular complexity index is 792. The molecule has 18 heavy (non-hydrogen) atoms. The van der Waals surface area contributed by atoms with E-state index in [1.165, 1.54) is 10.5 Å². The maximum absolute atomic E-state index is 10.2. The average Bonchev–Trinajstić information content (AvgIpc) is 2.69. The normalized spacial score (nSPS) is 12.7. The third-order valence-electron chi connectivity index (χ3n) is 3.30. The Morgan fingerprint density at radius 1 is 1.17 bits per heavy atom. The van der Waals surface area contributed by atoms with Crippen LogP contribution in [0.2, 0.25) is 0 Å². The largest absolute Gasteiger partial charge is 0.475 e. The minimum Gasteiger partial charge on any atom is -0.475 e. The van der Waals surface area contributed by atoms with Crippen molar-refractivity contribution in [3.63, 3.8) is 0 Å². The van der Waals surface area contributed by atoms with Gasteiger partial charge in [0.25, 0.3) is 0 Å². The Morgan fingerprint density at radius 3 is 2.89 bits per heavy atom. The van der Waals surface area contributed by atoms with E-state index in [-0.39, 0.29) is 5.88 Å². The summed E-state index contributed by atoms with van der Waals surface area (Å²) in [5.74, 6) is 0.276.